The van der Waals surface area contributed by atoms with Crippen molar-refractivity contribution in [1.29, 1.82) is 0 Å². The van der Waals surface area contributed by atoms with Crippen LogP contribution in [0.25, 0.3) is 0 Å². The van der Waals surface area contributed by atoms with Gasteiger partial charge in [-0.15, -0.1) is 0 Å². The van der Waals surface area contributed by atoms with Gasteiger partial charge in [-0.25, -0.2) is 0 Å². The molecule has 0 fully saturated rings. The number of aliphatic imine (C=N–C) groups is 1. The molecule has 28 heavy (non-hydrogen) atoms. The zero-order valence-electron chi connectivity index (χ0n) is 16.9. The van der Waals surface area contributed by atoms with Crippen LogP contribution in [0.3, 0.4) is 0 Å². The average molecular weight is 383 g/mol. The number of nitrogens with zero attached hydrogens (tertiary/aromatic N) is 1. The molecule has 0 radical (unpaired) electrons. The first-order chi connectivity index (χ1) is 13.7. The lowest BCUT2D eigenvalue weighted by molar-refractivity contribution is 0.0963. The molecule has 0 saturated carbocycles. The van der Waals surface area contributed by atoms with Crippen LogP contribution in [-0.2, 0) is 24.3 Å². The normalized spacial score (nSPS) is 11.2. The molecular formula is C22H30N4O2. The number of nitrogens with one attached hydrogen (secondary N) is 3. The Morgan fingerprint density at radius 2 is 1.79 bits per heavy atom. The van der Waals surface area contributed by atoms with Crippen molar-refractivity contribution < 1.29 is 9.53 Å². The fourth-order valence-electron chi connectivity index (χ4n) is 2.72. The van der Waals surface area contributed by atoms with E-state index < -0.39 is 0 Å². The minimum Gasteiger partial charge on any atom is -0.377 e. The van der Waals surface area contributed by atoms with Gasteiger partial charge in [-0.05, 0) is 42.2 Å². The zero-order chi connectivity index (χ0) is 20.2. The van der Waals surface area contributed by atoms with Gasteiger partial charge in [-0.2, -0.15) is 0 Å². The van der Waals surface area contributed by atoms with E-state index in [9.17, 15) is 4.79 Å². The van der Waals surface area contributed by atoms with Crippen molar-refractivity contribution in [3.63, 3.8) is 0 Å². The van der Waals surface area contributed by atoms with E-state index in [0.29, 0.717) is 18.7 Å². The lowest BCUT2D eigenvalue weighted by Crippen LogP contribution is -2.37. The van der Waals surface area contributed by atoms with E-state index >= 15 is 0 Å². The van der Waals surface area contributed by atoms with Crippen LogP contribution in [0, 0.1) is 0 Å². The first-order valence-electron chi connectivity index (χ1n) is 9.57. The van der Waals surface area contributed by atoms with Crippen LogP contribution < -0.4 is 16.0 Å². The Hall–Kier alpha value is -2.86. The summed E-state index contributed by atoms with van der Waals surface area (Å²) in [6, 6.07) is 16.0. The summed E-state index contributed by atoms with van der Waals surface area (Å²) in [4.78, 5) is 16.0. The molecule has 1 amide bonds. The van der Waals surface area contributed by atoms with E-state index in [2.05, 4.69) is 45.2 Å². The van der Waals surface area contributed by atoms with Crippen LogP contribution in [0.1, 0.15) is 34.0 Å². The summed E-state index contributed by atoms with van der Waals surface area (Å²) in [5.74, 6) is 0.681. The fraction of sp³-hybridized carbons (Fsp3) is 0.364. The second kappa shape index (κ2) is 11.8. The Morgan fingerprint density at radius 1 is 1.04 bits per heavy atom. The van der Waals surface area contributed by atoms with Gasteiger partial charge in [0.1, 0.15) is 0 Å². The number of amides is 1. The van der Waals surface area contributed by atoms with Crippen LogP contribution in [0.5, 0.6) is 0 Å². The van der Waals surface area contributed by atoms with Crippen LogP contribution in [0.2, 0.25) is 0 Å². The van der Waals surface area contributed by atoms with Crippen molar-refractivity contribution in [3.8, 4) is 0 Å². The summed E-state index contributed by atoms with van der Waals surface area (Å²) >= 11 is 0. The molecule has 2 rings (SSSR count). The van der Waals surface area contributed by atoms with Gasteiger partial charge in [0.05, 0.1) is 6.61 Å². The first-order valence-corrected chi connectivity index (χ1v) is 9.57. The maximum atomic E-state index is 11.7. The summed E-state index contributed by atoms with van der Waals surface area (Å²) in [6.07, 6.45) is 0.803. The predicted octanol–water partition coefficient (Wildman–Crippen LogP) is 2.49. The van der Waals surface area contributed by atoms with Crippen LogP contribution in [-0.4, -0.2) is 39.1 Å². The largest absolute Gasteiger partial charge is 0.377 e. The molecule has 2 aromatic carbocycles. The summed E-state index contributed by atoms with van der Waals surface area (Å²) in [5, 5.41) is 9.27. The van der Waals surface area contributed by atoms with Gasteiger partial charge in [0, 0.05) is 39.4 Å². The molecule has 0 aromatic heterocycles. The number of carbonyl (C=O) groups excluding carboxylic acids is 1. The molecule has 3 N–H and O–H groups in total. The van der Waals surface area contributed by atoms with Crippen molar-refractivity contribution in [2.75, 3.05) is 27.2 Å². The number of hydrogen-bond acceptors (Lipinski definition) is 3. The number of ether oxygens (including phenoxy) is 1. The number of benzene rings is 2. The molecule has 0 aliphatic carbocycles. The van der Waals surface area contributed by atoms with Crippen molar-refractivity contribution in [1.82, 2.24) is 16.0 Å². The smallest absolute Gasteiger partial charge is 0.251 e. The van der Waals surface area contributed by atoms with Crippen molar-refractivity contribution in [2.45, 2.75) is 26.5 Å². The van der Waals surface area contributed by atoms with Gasteiger partial charge in [0.2, 0.25) is 0 Å². The third kappa shape index (κ3) is 7.04. The minimum absolute atomic E-state index is 0.0699. The minimum atomic E-state index is -0.0699. The molecule has 0 unspecified atom stereocenters. The van der Waals surface area contributed by atoms with E-state index in [1.807, 2.05) is 31.2 Å². The van der Waals surface area contributed by atoms with E-state index in [1.54, 1.807) is 14.1 Å². The van der Waals surface area contributed by atoms with Crippen molar-refractivity contribution in [3.05, 3.63) is 70.8 Å². The van der Waals surface area contributed by atoms with Crippen LogP contribution in [0.15, 0.2) is 53.5 Å². The second-order valence-corrected chi connectivity index (χ2v) is 6.34. The molecule has 6 heteroatoms. The molecule has 2 aromatic rings. The fourth-order valence-corrected chi connectivity index (χ4v) is 2.72. The monoisotopic (exact) mass is 382 g/mol. The Labute approximate surface area is 167 Å². The van der Waals surface area contributed by atoms with E-state index in [-0.39, 0.29) is 5.91 Å². The maximum absolute atomic E-state index is 11.7. The summed E-state index contributed by atoms with van der Waals surface area (Å²) in [6.45, 7) is 4.79. The Morgan fingerprint density at radius 3 is 2.46 bits per heavy atom. The topological polar surface area (TPSA) is 74.8 Å². The Kier molecular flexibility index (Phi) is 9.01. The molecule has 0 spiro atoms. The maximum Gasteiger partial charge on any atom is 0.251 e. The molecule has 0 aliphatic heterocycles. The number of carbonyl (C=O) groups is 1. The highest BCUT2D eigenvalue weighted by Gasteiger charge is 2.04. The van der Waals surface area contributed by atoms with Crippen LogP contribution >= 0.6 is 0 Å². The SMILES string of the molecule is CCOCc1ccc(CNC(=NC)NCCc2cccc(C(=O)NC)c2)cc1. The molecule has 150 valence electrons. The quantitative estimate of drug-likeness (QED) is 0.460. The van der Waals surface area contributed by atoms with Crippen molar-refractivity contribution in [2.24, 2.45) is 4.99 Å². The summed E-state index contributed by atoms with van der Waals surface area (Å²) in [7, 11) is 3.39. The molecule has 0 heterocycles. The molecular weight excluding hydrogens is 352 g/mol. The molecule has 0 atom stereocenters. The summed E-state index contributed by atoms with van der Waals surface area (Å²) < 4.78 is 5.42. The summed E-state index contributed by atoms with van der Waals surface area (Å²) in [5.41, 5.74) is 4.14. The highest BCUT2D eigenvalue weighted by atomic mass is 16.5. The van der Waals surface area contributed by atoms with Gasteiger partial charge in [-0.3, -0.25) is 9.79 Å². The first kappa shape index (κ1) is 21.4. The highest BCUT2D eigenvalue weighted by molar-refractivity contribution is 5.94. The van der Waals surface area contributed by atoms with Gasteiger partial charge >= 0.3 is 0 Å². The van der Waals surface area contributed by atoms with Gasteiger partial charge < -0.3 is 20.7 Å². The Bertz CT molecular complexity index is 772. The highest BCUT2D eigenvalue weighted by Crippen LogP contribution is 2.07. The number of hydrogen-bond donors (Lipinski definition) is 3. The molecule has 0 aliphatic rings. The van der Waals surface area contributed by atoms with Gasteiger partial charge in [-0.1, -0.05) is 36.4 Å². The van der Waals surface area contributed by atoms with E-state index in [1.165, 1.54) is 11.1 Å². The molecule has 0 bridgehead atoms. The number of guanidine groups is 1. The third-order valence-corrected chi connectivity index (χ3v) is 4.30. The Balaban J connectivity index is 1.78. The lowest BCUT2D eigenvalue weighted by Gasteiger charge is -2.12. The van der Waals surface area contributed by atoms with Crippen molar-refractivity contribution >= 4 is 11.9 Å². The molecule has 6 nitrogen and oxygen atoms in total. The second-order valence-electron chi connectivity index (χ2n) is 6.34. The van der Waals surface area contributed by atoms with E-state index in [4.69, 9.17) is 4.74 Å². The lowest BCUT2D eigenvalue weighted by atomic mass is 10.1. The van der Waals surface area contributed by atoms with Gasteiger partial charge in [0.25, 0.3) is 5.91 Å². The average Bonchev–Trinajstić information content (AvgIpc) is 2.75. The predicted molar refractivity (Wildman–Crippen MR) is 114 cm³/mol. The van der Waals surface area contributed by atoms with Crippen LogP contribution in [0.4, 0.5) is 0 Å². The third-order valence-electron chi connectivity index (χ3n) is 4.30. The van der Waals surface area contributed by atoms with Gasteiger partial charge in [0.15, 0.2) is 5.96 Å². The standard InChI is InChI=1S/C22H30N4O2/c1-4-28-16-19-10-8-18(9-11-19)15-26-22(24-3)25-13-12-17-6-5-7-20(14-17)21(27)23-2/h5-11,14H,4,12-13,15-16H2,1-3H3,(H,23,27)(H2,24,25,26). The number of rotatable bonds is 9. The molecule has 0 saturated heterocycles. The zero-order valence-corrected chi connectivity index (χ0v) is 16.9. The van der Waals surface area contributed by atoms with E-state index in [0.717, 1.165) is 31.1 Å².